The largest absolute Gasteiger partial charge is 0.454 e. The Morgan fingerprint density at radius 2 is 1.59 bits per heavy atom. The highest BCUT2D eigenvalue weighted by Crippen LogP contribution is 2.56. The number of anilines is 1. The van der Waals surface area contributed by atoms with E-state index >= 15 is 0 Å². The summed E-state index contributed by atoms with van der Waals surface area (Å²) in [5.41, 5.74) is 3.41. The van der Waals surface area contributed by atoms with E-state index < -0.39 is 23.3 Å². The maximum absolute atomic E-state index is 13.3. The SMILES string of the molecule is Cc1ccc2nc(-c3ccc(N4C(=O)[C@H]5[C@@H]6CC[C@@H](C6)[C@@H]5C4=O)cc3)cc(C(=O)OCC(=O)c3ccc([N+](=O)[O-])cc3)c2c1. The Kier molecular flexibility index (Phi) is 6.57. The lowest BCUT2D eigenvalue weighted by Crippen LogP contribution is -2.32. The third kappa shape index (κ3) is 4.54. The van der Waals surface area contributed by atoms with E-state index in [0.717, 1.165) is 24.8 Å². The number of amides is 2. The second-order valence-corrected chi connectivity index (χ2v) is 11.8. The van der Waals surface area contributed by atoms with E-state index in [1.54, 1.807) is 36.4 Å². The summed E-state index contributed by atoms with van der Waals surface area (Å²) < 4.78 is 5.40. The van der Waals surface area contributed by atoms with Crippen molar-refractivity contribution in [2.24, 2.45) is 23.7 Å². The van der Waals surface area contributed by atoms with Crippen LogP contribution in [-0.4, -0.2) is 40.1 Å². The van der Waals surface area contributed by atoms with E-state index in [1.807, 2.05) is 19.1 Å². The highest BCUT2D eigenvalue weighted by molar-refractivity contribution is 6.22. The quantitative estimate of drug-likeness (QED) is 0.0881. The molecule has 3 fully saturated rings. The zero-order valence-electron chi connectivity index (χ0n) is 23.8. The summed E-state index contributed by atoms with van der Waals surface area (Å²) in [7, 11) is 0. The van der Waals surface area contributed by atoms with Gasteiger partial charge in [0.2, 0.25) is 11.8 Å². The number of aromatic nitrogens is 1. The van der Waals surface area contributed by atoms with Gasteiger partial charge in [-0.3, -0.25) is 29.4 Å². The van der Waals surface area contributed by atoms with E-state index in [9.17, 15) is 29.3 Å². The monoisotopic (exact) mass is 589 g/mol. The smallest absolute Gasteiger partial charge is 0.339 e. The van der Waals surface area contributed by atoms with Gasteiger partial charge in [-0.2, -0.15) is 0 Å². The van der Waals surface area contributed by atoms with Gasteiger partial charge in [-0.25, -0.2) is 9.78 Å². The average molecular weight is 590 g/mol. The van der Waals surface area contributed by atoms with Crippen LogP contribution in [0, 0.1) is 40.7 Å². The van der Waals surface area contributed by atoms with E-state index in [-0.39, 0.29) is 40.5 Å². The van der Waals surface area contributed by atoms with Crippen LogP contribution in [0.15, 0.2) is 72.8 Å². The molecule has 2 aliphatic carbocycles. The summed E-state index contributed by atoms with van der Waals surface area (Å²) in [5, 5.41) is 11.5. The third-order valence-electron chi connectivity index (χ3n) is 9.27. The number of esters is 1. The molecule has 0 radical (unpaired) electrons. The van der Waals surface area contributed by atoms with Gasteiger partial charge in [-0.15, -0.1) is 0 Å². The minimum absolute atomic E-state index is 0.104. The van der Waals surface area contributed by atoms with E-state index in [0.29, 0.717) is 39.7 Å². The number of carbonyl (C=O) groups is 4. The normalized spacial score (nSPS) is 22.0. The van der Waals surface area contributed by atoms with Crippen LogP contribution in [0.2, 0.25) is 0 Å². The fourth-order valence-corrected chi connectivity index (χ4v) is 7.16. The summed E-state index contributed by atoms with van der Waals surface area (Å²) in [6.45, 7) is 1.34. The molecule has 220 valence electrons. The highest BCUT2D eigenvalue weighted by Gasteiger charge is 2.61. The predicted octanol–water partition coefficient (Wildman–Crippen LogP) is 5.69. The molecular weight excluding hydrogens is 562 g/mol. The number of nitro benzene ring substituents is 1. The van der Waals surface area contributed by atoms with Gasteiger partial charge in [-0.05, 0) is 80.5 Å². The number of nitro groups is 1. The minimum Gasteiger partial charge on any atom is -0.454 e. The van der Waals surface area contributed by atoms with Crippen LogP contribution < -0.4 is 4.90 Å². The molecule has 2 bridgehead atoms. The van der Waals surface area contributed by atoms with E-state index in [1.165, 1.54) is 29.2 Å². The molecule has 1 aromatic heterocycles. The fraction of sp³-hybridized carbons (Fsp3) is 0.265. The van der Waals surface area contributed by atoms with E-state index in [2.05, 4.69) is 0 Å². The standard InChI is InChI=1S/C34H27N3O7/c1-18-2-13-27-25(14-18)26(34(41)44-17-29(38)20-7-11-24(12-8-20)37(42)43)16-28(35-27)19-5-9-23(10-6-19)36-32(39)30-21-3-4-22(15-21)31(30)33(36)40/h2,5-14,16,21-22,30-31H,3-4,15,17H2,1H3/t21-,22+,30-,31-/m0/s1. The second kappa shape index (κ2) is 10.5. The predicted molar refractivity (Wildman–Crippen MR) is 160 cm³/mol. The van der Waals surface area contributed by atoms with E-state index in [4.69, 9.17) is 9.72 Å². The van der Waals surface area contributed by atoms with Gasteiger partial charge < -0.3 is 4.74 Å². The van der Waals surface area contributed by atoms with Crippen molar-refractivity contribution in [1.29, 1.82) is 0 Å². The fourth-order valence-electron chi connectivity index (χ4n) is 7.16. The van der Waals surface area contributed by atoms with Crippen LogP contribution in [0.4, 0.5) is 11.4 Å². The lowest BCUT2D eigenvalue weighted by Gasteiger charge is -2.19. The van der Waals surface area contributed by atoms with Crippen LogP contribution in [0.1, 0.15) is 45.5 Å². The van der Waals surface area contributed by atoms with Crippen molar-refractivity contribution in [3.63, 3.8) is 0 Å². The van der Waals surface area contributed by atoms with Gasteiger partial charge in [0.05, 0.1) is 39.2 Å². The van der Waals surface area contributed by atoms with Gasteiger partial charge >= 0.3 is 5.97 Å². The number of hydrogen-bond acceptors (Lipinski definition) is 8. The molecule has 2 heterocycles. The number of ether oxygens (including phenoxy) is 1. The Morgan fingerprint density at radius 1 is 0.932 bits per heavy atom. The van der Waals surface area contributed by atoms with Gasteiger partial charge in [0, 0.05) is 28.6 Å². The topological polar surface area (TPSA) is 137 Å². The first-order chi connectivity index (χ1) is 21.2. The summed E-state index contributed by atoms with van der Waals surface area (Å²) in [6, 6.07) is 19.2. The van der Waals surface area contributed by atoms with Crippen molar-refractivity contribution in [1.82, 2.24) is 4.98 Å². The van der Waals surface area contributed by atoms with Crippen molar-refractivity contribution in [3.05, 3.63) is 99.6 Å². The molecule has 44 heavy (non-hydrogen) atoms. The lowest BCUT2D eigenvalue weighted by atomic mass is 9.81. The summed E-state index contributed by atoms with van der Waals surface area (Å²) in [6.07, 6.45) is 3.00. The highest BCUT2D eigenvalue weighted by atomic mass is 16.6. The number of ketones is 1. The maximum Gasteiger partial charge on any atom is 0.339 e. The molecule has 3 aromatic carbocycles. The molecule has 0 N–H and O–H groups in total. The second-order valence-electron chi connectivity index (χ2n) is 11.8. The van der Waals surface area contributed by atoms with Crippen LogP contribution in [0.25, 0.3) is 22.2 Å². The number of non-ortho nitro benzene ring substituents is 1. The van der Waals surface area contributed by atoms with Crippen LogP contribution in [-0.2, 0) is 14.3 Å². The van der Waals surface area contributed by atoms with Crippen LogP contribution >= 0.6 is 0 Å². The number of benzene rings is 3. The first-order valence-corrected chi connectivity index (χ1v) is 14.5. The molecule has 10 nitrogen and oxygen atoms in total. The molecule has 2 amide bonds. The Hall–Kier alpha value is -5.25. The number of imide groups is 1. The number of Topliss-reactive ketones (excluding diaryl/α,β-unsaturated/α-hetero) is 1. The first-order valence-electron chi connectivity index (χ1n) is 14.5. The zero-order valence-corrected chi connectivity index (χ0v) is 23.8. The summed E-state index contributed by atoms with van der Waals surface area (Å²) >= 11 is 0. The molecule has 0 unspecified atom stereocenters. The van der Waals surface area contributed by atoms with Gasteiger partial charge in [-0.1, -0.05) is 23.8 Å². The third-order valence-corrected chi connectivity index (χ3v) is 9.27. The zero-order chi connectivity index (χ0) is 30.7. The first kappa shape index (κ1) is 27.6. The average Bonchev–Trinajstić information content (AvgIpc) is 3.72. The Balaban J connectivity index is 1.14. The molecule has 1 saturated heterocycles. The molecule has 3 aliphatic rings. The van der Waals surface area contributed by atoms with Crippen LogP contribution in [0.3, 0.4) is 0 Å². The maximum atomic E-state index is 13.3. The van der Waals surface area contributed by atoms with Crippen molar-refractivity contribution < 1.29 is 28.8 Å². The number of aryl methyl sites for hydroxylation is 1. The number of carbonyl (C=O) groups excluding carboxylic acids is 4. The number of nitrogens with zero attached hydrogens (tertiary/aromatic N) is 3. The Labute approximate surface area is 251 Å². The van der Waals surface area contributed by atoms with Gasteiger partial charge in [0.1, 0.15) is 0 Å². The molecule has 4 atom stereocenters. The summed E-state index contributed by atoms with van der Waals surface area (Å²) in [5.74, 6) is -1.22. The molecule has 4 aromatic rings. The number of pyridine rings is 1. The minimum atomic E-state index is -0.717. The Morgan fingerprint density at radius 3 is 2.23 bits per heavy atom. The van der Waals surface area contributed by atoms with Crippen molar-refractivity contribution >= 4 is 45.8 Å². The van der Waals surface area contributed by atoms with Gasteiger partial charge in [0.25, 0.3) is 5.69 Å². The Bertz CT molecular complexity index is 1860. The van der Waals surface area contributed by atoms with Gasteiger partial charge in [0.15, 0.2) is 12.4 Å². The molecule has 10 heteroatoms. The lowest BCUT2D eigenvalue weighted by molar-refractivity contribution is -0.384. The van der Waals surface area contributed by atoms with Crippen molar-refractivity contribution in [2.45, 2.75) is 26.2 Å². The molecule has 7 rings (SSSR count). The van der Waals surface area contributed by atoms with Crippen molar-refractivity contribution in [3.8, 4) is 11.3 Å². The van der Waals surface area contributed by atoms with Crippen LogP contribution in [0.5, 0.6) is 0 Å². The number of rotatable bonds is 7. The van der Waals surface area contributed by atoms with Crippen molar-refractivity contribution in [2.75, 3.05) is 11.5 Å². The number of hydrogen-bond donors (Lipinski definition) is 0. The summed E-state index contributed by atoms with van der Waals surface area (Å²) in [4.78, 5) is 68.9. The molecular formula is C34H27N3O7. The molecule has 2 saturated carbocycles. The molecule has 0 spiro atoms. The number of fused-ring (bicyclic) bond motifs is 6. The molecule has 1 aliphatic heterocycles.